The second-order valence-electron chi connectivity index (χ2n) is 17.8. The number of carbonyl (C=O) groups excluding carboxylic acids is 7. The van der Waals surface area contributed by atoms with E-state index in [1.54, 1.807) is 40.1 Å². The fourth-order valence-corrected chi connectivity index (χ4v) is 7.56. The van der Waals surface area contributed by atoms with Gasteiger partial charge in [0.25, 0.3) is 0 Å². The molecule has 7 atom stereocenters. The first-order valence-electron chi connectivity index (χ1n) is 23.0. The van der Waals surface area contributed by atoms with E-state index in [9.17, 15) is 43.5 Å². The Hall–Kier alpha value is -7.88. The Labute approximate surface area is 404 Å². The zero-order valence-corrected chi connectivity index (χ0v) is 39.7. The highest BCUT2D eigenvalue weighted by molar-refractivity contribution is 5.97. The molecule has 0 saturated carbocycles. The van der Waals surface area contributed by atoms with Crippen molar-refractivity contribution in [1.29, 1.82) is 0 Å². The summed E-state index contributed by atoms with van der Waals surface area (Å²) < 4.78 is 0. The molecule has 5 rings (SSSR count). The first kappa shape index (κ1) is 53.1. The van der Waals surface area contributed by atoms with Crippen LogP contribution in [0.25, 0.3) is 10.9 Å². The first-order valence-corrected chi connectivity index (χ1v) is 23.0. The maximum Gasteiger partial charge on any atom is 0.326 e. The van der Waals surface area contributed by atoms with Gasteiger partial charge >= 0.3 is 5.97 Å². The lowest BCUT2D eigenvalue weighted by molar-refractivity contribution is -0.142. The summed E-state index contributed by atoms with van der Waals surface area (Å²) in [5.41, 5.74) is 9.43. The molecule has 3 heterocycles. The van der Waals surface area contributed by atoms with E-state index < -0.39 is 102 Å². The van der Waals surface area contributed by atoms with Crippen LogP contribution in [0.2, 0.25) is 0 Å². The molecule has 0 spiro atoms. The standard InChI is InChI=1S/C48H63N13O9/c1-26(2)15-39(48(69)70)60-45(66)37(18-31-21-50-24-54-31)57-40(62)23-53-47(68)41(27(3)4)61-42(63)28(5)56-44(65)36(17-30-20-52-35-14-10-9-13-33(30)35)59-46(67)38(19-32-22-51-25-55-32)58-43(64)34(49)16-29-11-7-6-8-12-29/h6-14,20-22,24-28,34,36-39,41,52H,15-19,23,49H2,1-5H3,(H,50,54)(H,51,55)(H,53,68)(H,56,65)(H,57,62)(H,58,64)(H,59,67)(H,60,66)(H,61,63)(H,69,70)/t28-,34+,36-,37-,38-,39-,41-/m0/s1. The minimum absolute atomic E-state index is 0.0338. The maximum absolute atomic E-state index is 14.2. The minimum atomic E-state index is -1.29. The molecule has 0 aliphatic carbocycles. The number of benzene rings is 2. The van der Waals surface area contributed by atoms with Crippen molar-refractivity contribution < 1.29 is 43.5 Å². The van der Waals surface area contributed by atoms with Crippen LogP contribution in [-0.4, -0.2) is 126 Å². The normalized spacial score (nSPS) is 14.3. The lowest BCUT2D eigenvalue weighted by Crippen LogP contribution is -2.59. The molecular weight excluding hydrogens is 903 g/mol. The number of nitrogens with zero attached hydrogens (tertiary/aromatic N) is 2. The predicted molar refractivity (Wildman–Crippen MR) is 257 cm³/mol. The number of carboxylic acid groups (broad SMARTS) is 1. The predicted octanol–water partition coefficient (Wildman–Crippen LogP) is 0.0436. The van der Waals surface area contributed by atoms with E-state index in [1.807, 2.05) is 54.6 Å². The molecule has 0 aliphatic rings. The van der Waals surface area contributed by atoms with Crippen molar-refractivity contribution in [1.82, 2.24) is 62.1 Å². The number of aliphatic carboxylic acids is 1. The van der Waals surface area contributed by atoms with E-state index in [1.165, 1.54) is 25.8 Å². The molecule has 0 bridgehead atoms. The molecule has 70 heavy (non-hydrogen) atoms. The zero-order valence-electron chi connectivity index (χ0n) is 39.7. The van der Waals surface area contributed by atoms with E-state index in [0.717, 1.165) is 16.5 Å². The Kier molecular flexibility index (Phi) is 19.3. The van der Waals surface area contributed by atoms with Gasteiger partial charge in [-0.2, -0.15) is 0 Å². The van der Waals surface area contributed by atoms with Gasteiger partial charge in [-0.25, -0.2) is 14.8 Å². The Morgan fingerprint density at radius 3 is 1.74 bits per heavy atom. The van der Waals surface area contributed by atoms with Gasteiger partial charge in [0.05, 0.1) is 36.6 Å². The van der Waals surface area contributed by atoms with Gasteiger partial charge in [0.1, 0.15) is 36.3 Å². The number of hydrogen-bond acceptors (Lipinski definition) is 11. The van der Waals surface area contributed by atoms with Gasteiger partial charge in [0.2, 0.25) is 41.4 Å². The van der Waals surface area contributed by atoms with Gasteiger partial charge in [-0.3, -0.25) is 33.6 Å². The summed E-state index contributed by atoms with van der Waals surface area (Å²) in [7, 11) is 0. The first-order chi connectivity index (χ1) is 33.4. The fraction of sp³-hybridized carbons (Fsp3) is 0.417. The zero-order chi connectivity index (χ0) is 50.9. The number of aromatic amines is 3. The highest BCUT2D eigenvalue weighted by Crippen LogP contribution is 2.20. The number of imidazole rings is 2. The van der Waals surface area contributed by atoms with Crippen molar-refractivity contribution in [2.24, 2.45) is 17.6 Å². The molecule has 0 radical (unpaired) electrons. The summed E-state index contributed by atoms with van der Waals surface area (Å²) in [4.78, 5) is 124. The number of hydrogen-bond donors (Lipinski definition) is 12. The van der Waals surface area contributed by atoms with Gasteiger partial charge in [0.15, 0.2) is 0 Å². The number of para-hydroxylation sites is 1. The Morgan fingerprint density at radius 1 is 0.600 bits per heavy atom. The Balaban J connectivity index is 1.25. The molecule has 0 saturated heterocycles. The topological polar surface area (TPSA) is 340 Å². The number of fused-ring (bicyclic) bond motifs is 1. The second kappa shape index (κ2) is 25.5. The molecule has 5 aromatic rings. The van der Waals surface area contributed by atoms with Gasteiger partial charge in [-0.05, 0) is 48.8 Å². The van der Waals surface area contributed by atoms with Crippen LogP contribution in [0.1, 0.15) is 63.6 Å². The third-order valence-electron chi connectivity index (χ3n) is 11.3. The van der Waals surface area contributed by atoms with Crippen LogP contribution in [0.5, 0.6) is 0 Å². The van der Waals surface area contributed by atoms with Crippen molar-refractivity contribution in [3.05, 3.63) is 108 Å². The maximum atomic E-state index is 14.2. The summed E-state index contributed by atoms with van der Waals surface area (Å²) in [6, 6.07) is 8.10. The minimum Gasteiger partial charge on any atom is -0.480 e. The third kappa shape index (κ3) is 15.9. The SMILES string of the molecule is CC(C)C[C@H](NC(=O)[C@H](Cc1c[nH]cn1)NC(=O)CNC(=O)[C@@H](NC(=O)[C@H](C)NC(=O)[C@H](Cc1c[nH]c2ccccc12)NC(=O)[C@H](Cc1c[nH]cn1)NC(=O)[C@H](N)Cc1ccccc1)C(C)C)C(=O)O. The van der Waals surface area contributed by atoms with Gasteiger partial charge in [-0.1, -0.05) is 76.2 Å². The van der Waals surface area contributed by atoms with Crippen LogP contribution in [0.3, 0.4) is 0 Å². The molecule has 2 aromatic carbocycles. The van der Waals surface area contributed by atoms with Gasteiger partial charge < -0.3 is 63.0 Å². The number of carboxylic acids is 1. The fourth-order valence-electron chi connectivity index (χ4n) is 7.56. The monoisotopic (exact) mass is 965 g/mol. The van der Waals surface area contributed by atoms with Crippen LogP contribution in [0.4, 0.5) is 0 Å². The van der Waals surface area contributed by atoms with E-state index in [-0.39, 0.29) is 38.0 Å². The molecule has 3 aromatic heterocycles. The summed E-state index contributed by atoms with van der Waals surface area (Å²) in [6.07, 6.45) is 7.79. The summed E-state index contributed by atoms with van der Waals surface area (Å²) in [5.74, 6) is -6.92. The number of H-pyrrole nitrogens is 3. The average Bonchev–Trinajstić information content (AvgIpc) is 4.13. The van der Waals surface area contributed by atoms with Crippen LogP contribution in [0.15, 0.2) is 85.8 Å². The molecule has 22 heteroatoms. The quantitative estimate of drug-likeness (QED) is 0.0350. The van der Waals surface area contributed by atoms with E-state index in [4.69, 9.17) is 5.73 Å². The van der Waals surface area contributed by atoms with Crippen LogP contribution in [-0.2, 0) is 64.0 Å². The van der Waals surface area contributed by atoms with E-state index in [0.29, 0.717) is 17.0 Å². The number of nitrogens with one attached hydrogen (secondary N) is 10. The summed E-state index contributed by atoms with van der Waals surface area (Å²) in [5, 5.41) is 28.8. The molecule has 22 nitrogen and oxygen atoms in total. The molecular formula is C48H63N13O9. The van der Waals surface area contributed by atoms with Crippen molar-refractivity contribution in [3.8, 4) is 0 Å². The molecule has 0 unspecified atom stereocenters. The van der Waals surface area contributed by atoms with Gasteiger partial charge in [0, 0.05) is 48.8 Å². The Bertz CT molecular complexity index is 2550. The van der Waals surface area contributed by atoms with Crippen LogP contribution < -0.4 is 43.0 Å². The van der Waals surface area contributed by atoms with Gasteiger partial charge in [-0.15, -0.1) is 0 Å². The average molecular weight is 966 g/mol. The number of rotatable bonds is 26. The highest BCUT2D eigenvalue weighted by atomic mass is 16.4. The molecule has 0 aliphatic heterocycles. The van der Waals surface area contributed by atoms with Crippen molar-refractivity contribution in [2.45, 2.75) is 109 Å². The van der Waals surface area contributed by atoms with Crippen molar-refractivity contribution in [2.75, 3.05) is 6.54 Å². The third-order valence-corrected chi connectivity index (χ3v) is 11.3. The van der Waals surface area contributed by atoms with E-state index >= 15 is 0 Å². The van der Waals surface area contributed by atoms with Crippen molar-refractivity contribution >= 4 is 58.2 Å². The largest absolute Gasteiger partial charge is 0.480 e. The smallest absolute Gasteiger partial charge is 0.326 e. The van der Waals surface area contributed by atoms with Crippen molar-refractivity contribution in [3.63, 3.8) is 0 Å². The lowest BCUT2D eigenvalue weighted by atomic mass is 10.0. The summed E-state index contributed by atoms with van der Waals surface area (Å²) >= 11 is 0. The number of aromatic nitrogens is 5. The van der Waals surface area contributed by atoms with Crippen LogP contribution in [0, 0.1) is 11.8 Å². The summed E-state index contributed by atoms with van der Waals surface area (Å²) in [6.45, 7) is 7.72. The molecule has 0 fully saturated rings. The molecule has 7 amide bonds. The molecule has 13 N–H and O–H groups in total. The number of amides is 7. The Morgan fingerprint density at radius 2 is 1.16 bits per heavy atom. The second-order valence-corrected chi connectivity index (χ2v) is 17.8. The lowest BCUT2D eigenvalue weighted by Gasteiger charge is -2.26. The number of carbonyl (C=O) groups is 8. The molecule has 374 valence electrons. The van der Waals surface area contributed by atoms with Crippen LogP contribution >= 0.6 is 0 Å². The highest BCUT2D eigenvalue weighted by Gasteiger charge is 2.33. The van der Waals surface area contributed by atoms with E-state index in [2.05, 4.69) is 62.1 Å². The number of nitrogens with two attached hydrogens (primary N) is 1.